The molecule has 96 valence electrons. The lowest BCUT2D eigenvalue weighted by Crippen LogP contribution is -2.22. The number of rotatable bonds is 5. The third-order valence-electron chi connectivity index (χ3n) is 2.66. The van der Waals surface area contributed by atoms with Crippen LogP contribution in [0.2, 0.25) is 0 Å². The predicted octanol–water partition coefficient (Wildman–Crippen LogP) is 1.95. The monoisotopic (exact) mass is 264 g/mol. The first-order valence-electron chi connectivity index (χ1n) is 5.77. The average Bonchev–Trinajstić information content (AvgIpc) is 2.82. The maximum absolute atomic E-state index is 5.21. The highest BCUT2D eigenvalue weighted by atomic mass is 32.1. The van der Waals surface area contributed by atoms with E-state index in [1.54, 1.807) is 13.3 Å². The molecule has 0 radical (unpaired) electrons. The average molecular weight is 264 g/mol. The maximum atomic E-state index is 5.21. The largest absolute Gasteiger partial charge is 0.495 e. The Hall–Kier alpha value is -1.53. The quantitative estimate of drug-likeness (QED) is 0.894. The summed E-state index contributed by atoms with van der Waals surface area (Å²) >= 11 is 1.41. The summed E-state index contributed by atoms with van der Waals surface area (Å²) in [6.07, 6.45) is 3.54. The van der Waals surface area contributed by atoms with Gasteiger partial charge in [-0.1, -0.05) is 11.4 Å². The fourth-order valence-electron chi connectivity index (χ4n) is 1.77. The van der Waals surface area contributed by atoms with Gasteiger partial charge in [0.1, 0.15) is 5.75 Å². The lowest BCUT2D eigenvalue weighted by atomic mass is 10.1. The fraction of sp³-hybridized carbons (Fsp3) is 0.417. The number of methoxy groups -OCH3 is 1. The van der Waals surface area contributed by atoms with Gasteiger partial charge < -0.3 is 10.1 Å². The second kappa shape index (κ2) is 5.88. The molecule has 0 spiro atoms. The van der Waals surface area contributed by atoms with E-state index in [2.05, 4.69) is 26.8 Å². The van der Waals surface area contributed by atoms with Crippen LogP contribution in [0.15, 0.2) is 18.5 Å². The highest BCUT2D eigenvalue weighted by molar-refractivity contribution is 7.05. The Kier molecular flexibility index (Phi) is 4.22. The van der Waals surface area contributed by atoms with Gasteiger partial charge >= 0.3 is 0 Å². The molecule has 0 saturated carbocycles. The number of hydrogen-bond donors (Lipinski definition) is 1. The molecule has 0 saturated heterocycles. The summed E-state index contributed by atoms with van der Waals surface area (Å²) in [4.78, 5) is 5.31. The zero-order valence-electron chi connectivity index (χ0n) is 10.7. The first-order chi connectivity index (χ1) is 8.76. The summed E-state index contributed by atoms with van der Waals surface area (Å²) in [5, 5.41) is 7.49. The minimum atomic E-state index is 0.0672. The molecule has 1 unspecified atom stereocenters. The molecule has 6 heteroatoms. The highest BCUT2D eigenvalue weighted by Crippen LogP contribution is 2.27. The van der Waals surface area contributed by atoms with Crippen LogP contribution >= 0.6 is 11.5 Å². The summed E-state index contributed by atoms with van der Waals surface area (Å²) in [7, 11) is 1.64. The van der Waals surface area contributed by atoms with Crippen LogP contribution < -0.4 is 10.1 Å². The smallest absolute Gasteiger partial charge is 0.137 e. The molecule has 2 heterocycles. The van der Waals surface area contributed by atoms with Crippen molar-refractivity contribution in [2.75, 3.05) is 13.7 Å². The van der Waals surface area contributed by atoms with E-state index in [1.165, 1.54) is 11.5 Å². The van der Waals surface area contributed by atoms with E-state index in [-0.39, 0.29) is 6.04 Å². The molecule has 18 heavy (non-hydrogen) atoms. The predicted molar refractivity (Wildman–Crippen MR) is 71.0 cm³/mol. The SMILES string of the molecule is CCNC(c1cncc(OC)c1)c1snnc1C. The van der Waals surface area contributed by atoms with Crippen LogP contribution in [0.1, 0.15) is 29.1 Å². The van der Waals surface area contributed by atoms with Crippen molar-refractivity contribution in [3.05, 3.63) is 34.6 Å². The van der Waals surface area contributed by atoms with Crippen LogP contribution in [-0.4, -0.2) is 28.2 Å². The lowest BCUT2D eigenvalue weighted by molar-refractivity contribution is 0.411. The Morgan fingerprint density at radius 2 is 2.28 bits per heavy atom. The molecule has 0 bridgehead atoms. The third kappa shape index (κ3) is 2.65. The van der Waals surface area contributed by atoms with Crippen molar-refractivity contribution in [3.63, 3.8) is 0 Å². The Morgan fingerprint density at radius 1 is 1.44 bits per heavy atom. The lowest BCUT2D eigenvalue weighted by Gasteiger charge is -2.17. The van der Waals surface area contributed by atoms with Crippen LogP contribution in [0.4, 0.5) is 0 Å². The minimum absolute atomic E-state index is 0.0672. The second-order valence-electron chi connectivity index (χ2n) is 3.87. The topological polar surface area (TPSA) is 59.9 Å². The molecular formula is C12H16N4OS. The molecule has 2 aromatic heterocycles. The van der Waals surface area contributed by atoms with Gasteiger partial charge in [0.15, 0.2) is 0 Å². The van der Waals surface area contributed by atoms with Crippen molar-refractivity contribution in [3.8, 4) is 5.75 Å². The summed E-state index contributed by atoms with van der Waals surface area (Å²) < 4.78 is 9.21. The zero-order valence-corrected chi connectivity index (χ0v) is 11.5. The van der Waals surface area contributed by atoms with E-state index >= 15 is 0 Å². The van der Waals surface area contributed by atoms with Crippen molar-refractivity contribution < 1.29 is 4.74 Å². The molecule has 0 fully saturated rings. The number of nitrogens with one attached hydrogen (secondary N) is 1. The minimum Gasteiger partial charge on any atom is -0.495 e. The molecule has 2 rings (SSSR count). The van der Waals surface area contributed by atoms with E-state index < -0.39 is 0 Å². The van der Waals surface area contributed by atoms with Crippen LogP contribution in [0.3, 0.4) is 0 Å². The first kappa shape index (κ1) is 12.9. The summed E-state index contributed by atoms with van der Waals surface area (Å²) in [6.45, 7) is 4.90. The molecular weight excluding hydrogens is 248 g/mol. The standard InChI is InChI=1S/C12H16N4OS/c1-4-14-11(12-8(2)15-16-18-12)9-5-10(17-3)7-13-6-9/h5-7,11,14H,4H2,1-3H3. The van der Waals surface area contributed by atoms with E-state index in [0.717, 1.165) is 28.4 Å². The van der Waals surface area contributed by atoms with Gasteiger partial charge in [0, 0.05) is 6.20 Å². The van der Waals surface area contributed by atoms with Crippen molar-refractivity contribution >= 4 is 11.5 Å². The molecule has 0 aromatic carbocycles. The van der Waals surface area contributed by atoms with Crippen LogP contribution in [0.5, 0.6) is 5.75 Å². The number of pyridine rings is 1. The molecule has 1 N–H and O–H groups in total. The normalized spacial score (nSPS) is 12.4. The van der Waals surface area contributed by atoms with E-state index in [0.29, 0.717) is 0 Å². The first-order valence-corrected chi connectivity index (χ1v) is 6.54. The van der Waals surface area contributed by atoms with E-state index in [9.17, 15) is 0 Å². The molecule has 5 nitrogen and oxygen atoms in total. The summed E-state index contributed by atoms with van der Waals surface area (Å²) in [5.74, 6) is 0.755. The Bertz CT molecular complexity index is 514. The van der Waals surface area contributed by atoms with Gasteiger partial charge in [-0.3, -0.25) is 4.98 Å². The van der Waals surface area contributed by atoms with Crippen molar-refractivity contribution in [1.29, 1.82) is 0 Å². The Morgan fingerprint density at radius 3 is 2.89 bits per heavy atom. The highest BCUT2D eigenvalue weighted by Gasteiger charge is 2.19. The number of aromatic nitrogens is 3. The maximum Gasteiger partial charge on any atom is 0.137 e. The third-order valence-corrected chi connectivity index (χ3v) is 3.55. The Balaban J connectivity index is 2.38. The molecule has 1 atom stereocenters. The summed E-state index contributed by atoms with van der Waals surface area (Å²) in [6, 6.07) is 2.05. The number of nitrogens with zero attached hydrogens (tertiary/aromatic N) is 3. The van der Waals surface area contributed by atoms with Crippen molar-refractivity contribution in [1.82, 2.24) is 19.9 Å². The van der Waals surface area contributed by atoms with Crippen LogP contribution in [-0.2, 0) is 0 Å². The number of hydrogen-bond acceptors (Lipinski definition) is 6. The van der Waals surface area contributed by atoms with Gasteiger partial charge in [-0.25, -0.2) is 0 Å². The fourth-order valence-corrected chi connectivity index (χ4v) is 2.52. The zero-order chi connectivity index (χ0) is 13.0. The Labute approximate surface area is 110 Å². The second-order valence-corrected chi connectivity index (χ2v) is 4.66. The van der Waals surface area contributed by atoms with Gasteiger partial charge in [0.2, 0.25) is 0 Å². The van der Waals surface area contributed by atoms with Crippen molar-refractivity contribution in [2.24, 2.45) is 0 Å². The van der Waals surface area contributed by atoms with Gasteiger partial charge in [-0.05, 0) is 36.6 Å². The van der Waals surface area contributed by atoms with Gasteiger partial charge in [-0.15, -0.1) is 5.10 Å². The van der Waals surface area contributed by atoms with E-state index in [4.69, 9.17) is 4.74 Å². The van der Waals surface area contributed by atoms with Crippen LogP contribution in [0, 0.1) is 6.92 Å². The molecule has 0 amide bonds. The number of ether oxygens (including phenoxy) is 1. The van der Waals surface area contributed by atoms with Crippen LogP contribution in [0.25, 0.3) is 0 Å². The van der Waals surface area contributed by atoms with Gasteiger partial charge in [0.05, 0.1) is 29.9 Å². The summed E-state index contributed by atoms with van der Waals surface area (Å²) in [5.41, 5.74) is 2.01. The van der Waals surface area contributed by atoms with Gasteiger partial charge in [0.25, 0.3) is 0 Å². The number of aryl methyl sites for hydroxylation is 1. The molecule has 2 aromatic rings. The molecule has 0 aliphatic rings. The van der Waals surface area contributed by atoms with Gasteiger partial charge in [-0.2, -0.15) is 0 Å². The molecule has 0 aliphatic carbocycles. The molecule has 0 aliphatic heterocycles. The van der Waals surface area contributed by atoms with E-state index in [1.807, 2.05) is 19.2 Å². The van der Waals surface area contributed by atoms with Crippen molar-refractivity contribution in [2.45, 2.75) is 19.9 Å².